The Labute approximate surface area is 144 Å². The van der Waals surface area contributed by atoms with Gasteiger partial charge in [0.05, 0.1) is 16.8 Å². The van der Waals surface area contributed by atoms with Gasteiger partial charge in [-0.2, -0.15) is 0 Å². The molecule has 0 bridgehead atoms. The third kappa shape index (κ3) is 2.11. The van der Waals surface area contributed by atoms with E-state index < -0.39 is 0 Å². The summed E-state index contributed by atoms with van der Waals surface area (Å²) in [5, 5.41) is 0. The molecule has 3 aromatic rings. The summed E-state index contributed by atoms with van der Waals surface area (Å²) in [4.78, 5) is 28.5. The number of anilines is 1. The van der Waals surface area contributed by atoms with Crippen LogP contribution in [0.15, 0.2) is 54.6 Å². The van der Waals surface area contributed by atoms with Crippen molar-refractivity contribution in [1.82, 2.24) is 0 Å². The van der Waals surface area contributed by atoms with Gasteiger partial charge in [-0.3, -0.25) is 9.59 Å². The maximum atomic E-state index is 12.7. The van der Waals surface area contributed by atoms with E-state index in [0.29, 0.717) is 16.8 Å². The van der Waals surface area contributed by atoms with Gasteiger partial charge in [-0.25, -0.2) is 4.90 Å². The Balaban J connectivity index is 1.72. The van der Waals surface area contributed by atoms with Crippen molar-refractivity contribution < 1.29 is 9.59 Å². The zero-order valence-electron chi connectivity index (χ0n) is 13.4. The molecule has 1 aliphatic rings. The first kappa shape index (κ1) is 14.8. The minimum atomic E-state index is -0.218. The molecule has 0 saturated carbocycles. The molecule has 0 aliphatic carbocycles. The molecule has 2 aromatic carbocycles. The van der Waals surface area contributed by atoms with Gasteiger partial charge in [0.15, 0.2) is 0 Å². The van der Waals surface area contributed by atoms with Crippen LogP contribution >= 0.6 is 11.3 Å². The first-order valence-electron chi connectivity index (χ1n) is 7.72. The summed E-state index contributed by atoms with van der Waals surface area (Å²) in [6.45, 7) is 3.79. The molecule has 2 heterocycles. The molecule has 3 nitrogen and oxygen atoms in total. The Morgan fingerprint density at radius 3 is 1.75 bits per heavy atom. The Morgan fingerprint density at radius 2 is 1.21 bits per heavy atom. The van der Waals surface area contributed by atoms with Crippen LogP contribution in [0.5, 0.6) is 0 Å². The largest absolute Gasteiger partial charge is 0.268 e. The molecule has 0 saturated heterocycles. The van der Waals surface area contributed by atoms with Gasteiger partial charge in [0, 0.05) is 9.75 Å². The van der Waals surface area contributed by atoms with Crippen molar-refractivity contribution in [2.24, 2.45) is 0 Å². The second-order valence-electron chi connectivity index (χ2n) is 5.82. The van der Waals surface area contributed by atoms with E-state index in [1.165, 1.54) is 16.2 Å². The lowest BCUT2D eigenvalue weighted by molar-refractivity contribution is 0.0926. The summed E-state index contributed by atoms with van der Waals surface area (Å²) in [5.41, 5.74) is 3.91. The second-order valence-corrected chi connectivity index (χ2v) is 7.25. The summed E-state index contributed by atoms with van der Waals surface area (Å²) in [7, 11) is 0. The fraction of sp³-hybridized carbons (Fsp3) is 0.100. The number of benzene rings is 2. The number of aryl methyl sites for hydroxylation is 2. The quantitative estimate of drug-likeness (QED) is 0.630. The highest BCUT2D eigenvalue weighted by atomic mass is 32.1. The molecule has 1 aliphatic heterocycles. The molecule has 24 heavy (non-hydrogen) atoms. The van der Waals surface area contributed by atoms with E-state index in [0.717, 1.165) is 20.9 Å². The lowest BCUT2D eigenvalue weighted by atomic mass is 10.1. The number of carbonyl (C=O) groups is 2. The number of hydrogen-bond donors (Lipinski definition) is 0. The van der Waals surface area contributed by atoms with Gasteiger partial charge in [0.1, 0.15) is 0 Å². The Kier molecular flexibility index (Phi) is 3.36. The van der Waals surface area contributed by atoms with E-state index in [1.807, 2.05) is 68.4 Å². The highest BCUT2D eigenvalue weighted by Crippen LogP contribution is 2.37. The minimum Gasteiger partial charge on any atom is -0.268 e. The molecule has 4 heteroatoms. The molecule has 2 amide bonds. The number of carbonyl (C=O) groups excluding carboxylic acids is 2. The van der Waals surface area contributed by atoms with Gasteiger partial charge < -0.3 is 0 Å². The summed E-state index contributed by atoms with van der Waals surface area (Å²) in [6, 6.07) is 17.6. The predicted octanol–water partition coefficient (Wildman–Crippen LogP) is 4.83. The first-order valence-corrected chi connectivity index (χ1v) is 8.54. The van der Waals surface area contributed by atoms with Crippen LogP contribution in [0.25, 0.3) is 11.1 Å². The number of nitrogens with zero attached hydrogens (tertiary/aromatic N) is 1. The van der Waals surface area contributed by atoms with Crippen LogP contribution in [0, 0.1) is 13.8 Å². The van der Waals surface area contributed by atoms with E-state index in [2.05, 4.69) is 0 Å². The molecule has 4 rings (SSSR count). The van der Waals surface area contributed by atoms with E-state index in [1.54, 1.807) is 0 Å². The van der Waals surface area contributed by atoms with Gasteiger partial charge >= 0.3 is 0 Å². The topological polar surface area (TPSA) is 37.4 Å². The molecule has 1 aromatic heterocycles. The molecular formula is C20H15NO2S. The van der Waals surface area contributed by atoms with Gasteiger partial charge in [-0.15, -0.1) is 11.3 Å². The average molecular weight is 333 g/mol. The molecule has 0 radical (unpaired) electrons. The maximum absolute atomic E-state index is 12.7. The number of rotatable bonds is 2. The molecule has 0 fully saturated rings. The lowest BCUT2D eigenvalue weighted by Gasteiger charge is -2.15. The fourth-order valence-corrected chi connectivity index (χ4v) is 4.22. The smallest absolute Gasteiger partial charge is 0.267 e. The first-order chi connectivity index (χ1) is 11.6. The second kappa shape index (κ2) is 5.42. The van der Waals surface area contributed by atoms with Gasteiger partial charge in [-0.1, -0.05) is 42.5 Å². The van der Waals surface area contributed by atoms with Crippen molar-refractivity contribution in [1.29, 1.82) is 0 Å². The molecule has 0 N–H and O–H groups in total. The van der Waals surface area contributed by atoms with Crippen LogP contribution in [0.3, 0.4) is 0 Å². The zero-order valence-corrected chi connectivity index (χ0v) is 14.2. The van der Waals surface area contributed by atoms with Crippen molar-refractivity contribution in [2.45, 2.75) is 13.8 Å². The van der Waals surface area contributed by atoms with Crippen LogP contribution in [0.2, 0.25) is 0 Å². The number of fused-ring (bicyclic) bond motifs is 1. The van der Waals surface area contributed by atoms with Crippen molar-refractivity contribution in [2.75, 3.05) is 4.90 Å². The molecule has 0 spiro atoms. The highest BCUT2D eigenvalue weighted by Gasteiger charge is 2.40. The van der Waals surface area contributed by atoms with Gasteiger partial charge in [0.25, 0.3) is 11.8 Å². The maximum Gasteiger partial charge on any atom is 0.267 e. The lowest BCUT2D eigenvalue weighted by Crippen LogP contribution is -2.29. The third-order valence-electron chi connectivity index (χ3n) is 4.33. The van der Waals surface area contributed by atoms with Crippen LogP contribution in [-0.4, -0.2) is 11.8 Å². The number of amides is 2. The third-order valence-corrected chi connectivity index (χ3v) is 5.35. The van der Waals surface area contributed by atoms with Crippen molar-refractivity contribution in [3.63, 3.8) is 0 Å². The van der Waals surface area contributed by atoms with E-state index in [4.69, 9.17) is 0 Å². The monoisotopic (exact) mass is 333 g/mol. The predicted molar refractivity (Wildman–Crippen MR) is 96.8 cm³/mol. The molecule has 118 valence electrons. The Morgan fingerprint density at radius 1 is 0.708 bits per heavy atom. The SMILES string of the molecule is Cc1sc(C)c2c1C(=O)N(c1ccc(-c3ccccc3)cc1)C2=O. The van der Waals surface area contributed by atoms with Crippen LogP contribution in [0.1, 0.15) is 30.5 Å². The number of imide groups is 1. The fourth-order valence-electron chi connectivity index (χ4n) is 3.18. The number of thiophene rings is 1. The van der Waals surface area contributed by atoms with Crippen LogP contribution < -0.4 is 4.90 Å². The van der Waals surface area contributed by atoms with Crippen molar-refractivity contribution in [3.8, 4) is 11.1 Å². The van der Waals surface area contributed by atoms with Gasteiger partial charge in [-0.05, 0) is 37.1 Å². The summed E-state index contributed by atoms with van der Waals surface area (Å²) in [6.07, 6.45) is 0. The minimum absolute atomic E-state index is 0.218. The molecule has 0 unspecified atom stereocenters. The van der Waals surface area contributed by atoms with E-state index >= 15 is 0 Å². The van der Waals surface area contributed by atoms with E-state index in [-0.39, 0.29) is 11.8 Å². The summed E-state index contributed by atoms with van der Waals surface area (Å²) in [5.74, 6) is -0.436. The van der Waals surface area contributed by atoms with E-state index in [9.17, 15) is 9.59 Å². The van der Waals surface area contributed by atoms with Gasteiger partial charge in [0.2, 0.25) is 0 Å². The summed E-state index contributed by atoms with van der Waals surface area (Å²) < 4.78 is 0. The molecular weight excluding hydrogens is 318 g/mol. The zero-order chi connectivity index (χ0) is 16.8. The Bertz CT molecular complexity index is 919. The standard InChI is InChI=1S/C20H15NO2S/c1-12-17-18(13(2)24-12)20(23)21(19(17)22)16-10-8-15(9-11-16)14-6-4-3-5-7-14/h3-11H,1-2H3. The van der Waals surface area contributed by atoms with Crippen molar-refractivity contribution >= 4 is 28.8 Å². The number of hydrogen-bond acceptors (Lipinski definition) is 3. The van der Waals surface area contributed by atoms with Crippen LogP contribution in [-0.2, 0) is 0 Å². The highest BCUT2D eigenvalue weighted by molar-refractivity contribution is 7.12. The van der Waals surface area contributed by atoms with Crippen molar-refractivity contribution in [3.05, 3.63) is 75.5 Å². The van der Waals surface area contributed by atoms with Crippen LogP contribution in [0.4, 0.5) is 5.69 Å². The molecule has 0 atom stereocenters. The average Bonchev–Trinajstić information content (AvgIpc) is 3.04. The Hall–Kier alpha value is -2.72. The normalized spacial score (nSPS) is 13.5. The summed E-state index contributed by atoms with van der Waals surface area (Å²) >= 11 is 1.51.